The van der Waals surface area contributed by atoms with Crippen LogP contribution in [0, 0.1) is 0 Å². The summed E-state index contributed by atoms with van der Waals surface area (Å²) < 4.78 is 0. The molecule has 3 aromatic rings. The fourth-order valence-electron chi connectivity index (χ4n) is 4.72. The van der Waals surface area contributed by atoms with Crippen LogP contribution in [0.2, 0.25) is 0 Å². The molecule has 1 N–H and O–H groups in total. The van der Waals surface area contributed by atoms with Gasteiger partial charge in [0.25, 0.3) is 0 Å². The van der Waals surface area contributed by atoms with Crippen molar-refractivity contribution in [3.8, 4) is 0 Å². The lowest BCUT2D eigenvalue weighted by Crippen LogP contribution is -2.31. The molecule has 2 fully saturated rings. The van der Waals surface area contributed by atoms with E-state index in [0.29, 0.717) is 10.5 Å². The van der Waals surface area contributed by atoms with E-state index >= 15 is 0 Å². The Morgan fingerprint density at radius 2 is 1.54 bits per heavy atom. The average molecular weight is 506 g/mol. The maximum atomic E-state index is 4.64. The second kappa shape index (κ2) is 11.3. The first kappa shape index (κ1) is 24.6. The molecular weight excluding hydrogens is 470 g/mol. The SMILES string of the molecule is C=C(Nc1cc2cc(SC3CCN(C)CC3)ccc2cn1)c1ccnc(SC2CCN(C)CC2)c1. The van der Waals surface area contributed by atoms with Gasteiger partial charge >= 0.3 is 0 Å². The van der Waals surface area contributed by atoms with Gasteiger partial charge in [0.2, 0.25) is 0 Å². The van der Waals surface area contributed by atoms with Crippen molar-refractivity contribution < 1.29 is 0 Å². The van der Waals surface area contributed by atoms with E-state index in [0.717, 1.165) is 40.6 Å². The van der Waals surface area contributed by atoms with Crippen molar-refractivity contribution in [2.24, 2.45) is 0 Å². The largest absolute Gasteiger partial charge is 0.340 e. The van der Waals surface area contributed by atoms with Crippen LogP contribution in [0.5, 0.6) is 0 Å². The highest BCUT2D eigenvalue weighted by Gasteiger charge is 2.19. The maximum Gasteiger partial charge on any atom is 0.130 e. The zero-order chi connectivity index (χ0) is 24.2. The number of hydrogen-bond acceptors (Lipinski definition) is 7. The number of nitrogens with zero attached hydrogens (tertiary/aromatic N) is 4. The predicted molar refractivity (Wildman–Crippen MR) is 151 cm³/mol. The molecule has 184 valence electrons. The van der Waals surface area contributed by atoms with Crippen LogP contribution in [-0.4, -0.2) is 70.5 Å². The van der Waals surface area contributed by atoms with Crippen molar-refractivity contribution in [3.63, 3.8) is 0 Å². The van der Waals surface area contributed by atoms with Crippen LogP contribution in [0.25, 0.3) is 16.5 Å². The van der Waals surface area contributed by atoms with Gasteiger partial charge in [-0.3, -0.25) is 0 Å². The number of pyridine rings is 2. The lowest BCUT2D eigenvalue weighted by Gasteiger charge is -2.28. The Morgan fingerprint density at radius 3 is 2.26 bits per heavy atom. The molecule has 5 rings (SSSR count). The van der Waals surface area contributed by atoms with Gasteiger partial charge in [-0.1, -0.05) is 12.6 Å². The quantitative estimate of drug-likeness (QED) is 0.417. The number of hydrogen-bond donors (Lipinski definition) is 1. The molecule has 2 saturated heterocycles. The topological polar surface area (TPSA) is 44.3 Å². The molecule has 2 aromatic heterocycles. The van der Waals surface area contributed by atoms with E-state index in [1.165, 1.54) is 49.1 Å². The summed E-state index contributed by atoms with van der Waals surface area (Å²) >= 11 is 3.91. The van der Waals surface area contributed by atoms with Gasteiger partial charge in [-0.2, -0.15) is 0 Å². The van der Waals surface area contributed by atoms with Gasteiger partial charge in [-0.15, -0.1) is 23.5 Å². The first-order valence-electron chi connectivity index (χ1n) is 12.5. The van der Waals surface area contributed by atoms with E-state index in [2.05, 4.69) is 76.1 Å². The lowest BCUT2D eigenvalue weighted by atomic mass is 10.1. The van der Waals surface area contributed by atoms with Crippen molar-refractivity contribution in [1.82, 2.24) is 19.8 Å². The molecule has 0 radical (unpaired) electrons. The van der Waals surface area contributed by atoms with Gasteiger partial charge in [-0.05, 0) is 102 Å². The number of benzene rings is 1. The normalized spacial score (nSPS) is 18.7. The molecule has 0 saturated carbocycles. The van der Waals surface area contributed by atoms with E-state index in [1.54, 1.807) is 0 Å². The molecule has 5 nitrogen and oxygen atoms in total. The summed E-state index contributed by atoms with van der Waals surface area (Å²) in [5.41, 5.74) is 1.91. The predicted octanol–water partition coefficient (Wildman–Crippen LogP) is 6.09. The van der Waals surface area contributed by atoms with Crippen molar-refractivity contribution in [1.29, 1.82) is 0 Å². The van der Waals surface area contributed by atoms with Gasteiger partial charge in [0, 0.05) is 44.4 Å². The van der Waals surface area contributed by atoms with Crippen LogP contribution in [-0.2, 0) is 0 Å². The van der Waals surface area contributed by atoms with Crippen molar-refractivity contribution >= 4 is 45.8 Å². The second-order valence-electron chi connectivity index (χ2n) is 9.81. The minimum absolute atomic E-state index is 0.638. The molecule has 0 spiro atoms. The molecular formula is C28H35N5S2. The molecule has 2 aliphatic heterocycles. The number of rotatable bonds is 7. The Labute approximate surface area is 217 Å². The highest BCUT2D eigenvalue weighted by molar-refractivity contribution is 8.00. The smallest absolute Gasteiger partial charge is 0.130 e. The summed E-state index contributed by atoms with van der Waals surface area (Å²) in [6.07, 6.45) is 8.78. The molecule has 1 aromatic carbocycles. The standard InChI is InChI=1S/C28H35N5S2/c1-20(21-6-11-29-28(18-21)35-25-9-14-33(3)15-10-25)31-27-17-23-16-26(5-4-22(23)19-30-27)34-24-7-12-32(2)13-8-24/h4-6,11,16-19,24-25H,1,7-10,12-15H2,2-3H3,(H,30,31). The van der Waals surface area contributed by atoms with Crippen LogP contribution in [0.3, 0.4) is 0 Å². The summed E-state index contributed by atoms with van der Waals surface area (Å²) in [6, 6.07) is 13.0. The number of anilines is 1. The second-order valence-corrected chi connectivity index (χ2v) is 12.5. The summed E-state index contributed by atoms with van der Waals surface area (Å²) in [5, 5.41) is 8.22. The minimum Gasteiger partial charge on any atom is -0.340 e. The van der Waals surface area contributed by atoms with Crippen LogP contribution in [0.15, 0.2) is 65.3 Å². The highest BCUT2D eigenvalue weighted by Crippen LogP contribution is 2.33. The van der Waals surface area contributed by atoms with E-state index in [-0.39, 0.29) is 0 Å². The van der Waals surface area contributed by atoms with Crippen LogP contribution in [0.4, 0.5) is 5.82 Å². The van der Waals surface area contributed by atoms with Crippen LogP contribution in [0.1, 0.15) is 31.2 Å². The molecule has 35 heavy (non-hydrogen) atoms. The fourth-order valence-corrected chi connectivity index (χ4v) is 7.00. The molecule has 0 aliphatic carbocycles. The molecule has 0 amide bonds. The number of nitrogens with one attached hydrogen (secondary N) is 1. The number of fused-ring (bicyclic) bond motifs is 1. The van der Waals surface area contributed by atoms with E-state index in [4.69, 9.17) is 0 Å². The van der Waals surface area contributed by atoms with E-state index in [1.807, 2.05) is 42.0 Å². The number of likely N-dealkylation sites (tertiary alicyclic amines) is 2. The number of aromatic nitrogens is 2. The molecule has 7 heteroatoms. The van der Waals surface area contributed by atoms with Gasteiger partial charge in [0.05, 0.1) is 5.03 Å². The Morgan fingerprint density at radius 1 is 0.857 bits per heavy atom. The van der Waals surface area contributed by atoms with Gasteiger partial charge < -0.3 is 15.1 Å². The minimum atomic E-state index is 0.638. The molecule has 0 unspecified atom stereocenters. The lowest BCUT2D eigenvalue weighted by molar-refractivity contribution is 0.282. The van der Waals surface area contributed by atoms with Gasteiger partial charge in [0.15, 0.2) is 0 Å². The third-order valence-corrected chi connectivity index (χ3v) is 9.58. The van der Waals surface area contributed by atoms with Gasteiger partial charge in [-0.25, -0.2) is 9.97 Å². The van der Waals surface area contributed by atoms with Gasteiger partial charge in [0.1, 0.15) is 5.82 Å². The average Bonchev–Trinajstić information content (AvgIpc) is 2.87. The Balaban J connectivity index is 1.24. The van der Waals surface area contributed by atoms with Crippen molar-refractivity contribution in [2.45, 2.75) is 46.1 Å². The third kappa shape index (κ3) is 6.58. The first-order valence-corrected chi connectivity index (χ1v) is 14.3. The Bertz CT molecular complexity index is 1170. The van der Waals surface area contributed by atoms with Crippen LogP contribution >= 0.6 is 23.5 Å². The Kier molecular flexibility index (Phi) is 7.97. The summed E-state index contributed by atoms with van der Waals surface area (Å²) in [6.45, 7) is 9.01. The van der Waals surface area contributed by atoms with Crippen molar-refractivity contribution in [3.05, 3.63) is 60.9 Å². The molecule has 4 heterocycles. The molecule has 2 aliphatic rings. The summed E-state index contributed by atoms with van der Waals surface area (Å²) in [7, 11) is 4.42. The zero-order valence-electron chi connectivity index (χ0n) is 20.7. The van der Waals surface area contributed by atoms with E-state index < -0.39 is 0 Å². The number of piperidine rings is 2. The van der Waals surface area contributed by atoms with Crippen molar-refractivity contribution in [2.75, 3.05) is 45.6 Å². The fraction of sp³-hybridized carbons (Fsp3) is 0.429. The summed E-state index contributed by atoms with van der Waals surface area (Å²) in [5.74, 6) is 0.824. The molecule has 0 bridgehead atoms. The third-order valence-electron chi connectivity index (χ3n) is 6.98. The maximum absolute atomic E-state index is 4.64. The Hall–Kier alpha value is -2.06. The van der Waals surface area contributed by atoms with E-state index in [9.17, 15) is 0 Å². The highest BCUT2D eigenvalue weighted by atomic mass is 32.2. The summed E-state index contributed by atoms with van der Waals surface area (Å²) in [4.78, 5) is 15.4. The number of thioether (sulfide) groups is 2. The monoisotopic (exact) mass is 505 g/mol. The first-order chi connectivity index (χ1) is 17.0. The molecule has 0 atom stereocenters. The zero-order valence-corrected chi connectivity index (χ0v) is 22.4. The van der Waals surface area contributed by atoms with Crippen LogP contribution < -0.4 is 5.32 Å².